The molecule has 3 rings (SSSR count). The van der Waals surface area contributed by atoms with E-state index in [1.165, 1.54) is 28.6 Å². The summed E-state index contributed by atoms with van der Waals surface area (Å²) in [5.74, 6) is 0. The van der Waals surface area contributed by atoms with E-state index >= 15 is 0 Å². The van der Waals surface area contributed by atoms with Gasteiger partial charge in [-0.2, -0.15) is 4.31 Å². The van der Waals surface area contributed by atoms with E-state index in [9.17, 15) is 16.8 Å². The molecule has 2 aromatic rings. The molecule has 0 bridgehead atoms. The van der Waals surface area contributed by atoms with E-state index in [0.29, 0.717) is 28.8 Å². The van der Waals surface area contributed by atoms with Crippen molar-refractivity contribution in [3.05, 3.63) is 58.1 Å². The van der Waals surface area contributed by atoms with Gasteiger partial charge in [0.1, 0.15) is 0 Å². The van der Waals surface area contributed by atoms with Gasteiger partial charge in [0, 0.05) is 19.1 Å². The molecule has 1 N–H and O–H groups in total. The SMILES string of the molecule is CC(NS(=O)(=O)c1ccc(S(=O)(=O)N2CCOCC2)cc1)c1ccc(Cl)c(Cl)c1. The fraction of sp³-hybridized carbons (Fsp3) is 0.333. The first kappa shape index (κ1) is 22.5. The second-order valence-corrected chi connectivity index (χ2v) is 11.0. The number of benzene rings is 2. The normalized spacial score (nSPS) is 17.2. The Hall–Kier alpha value is -1.20. The first-order chi connectivity index (χ1) is 13.6. The van der Waals surface area contributed by atoms with Gasteiger partial charge in [-0.3, -0.25) is 0 Å². The van der Waals surface area contributed by atoms with E-state index in [1.54, 1.807) is 25.1 Å². The maximum absolute atomic E-state index is 12.7. The summed E-state index contributed by atoms with van der Waals surface area (Å²) in [6, 6.07) is 9.44. The third kappa shape index (κ3) is 5.11. The Labute approximate surface area is 180 Å². The molecular weight excluding hydrogens is 459 g/mol. The zero-order valence-corrected chi connectivity index (χ0v) is 18.7. The predicted molar refractivity (Wildman–Crippen MR) is 111 cm³/mol. The average molecular weight is 479 g/mol. The highest BCUT2D eigenvalue weighted by molar-refractivity contribution is 7.89. The average Bonchev–Trinajstić information content (AvgIpc) is 2.70. The molecule has 7 nitrogen and oxygen atoms in total. The third-order valence-electron chi connectivity index (χ3n) is 4.52. The van der Waals surface area contributed by atoms with Crippen molar-refractivity contribution in [2.45, 2.75) is 22.8 Å². The Morgan fingerprint density at radius 1 is 0.931 bits per heavy atom. The lowest BCUT2D eigenvalue weighted by Gasteiger charge is -2.26. The molecule has 1 atom stereocenters. The predicted octanol–water partition coefficient (Wildman–Crippen LogP) is 3.05. The van der Waals surface area contributed by atoms with Crippen molar-refractivity contribution >= 4 is 43.2 Å². The van der Waals surface area contributed by atoms with Crippen LogP contribution in [0.2, 0.25) is 10.0 Å². The Morgan fingerprint density at radius 2 is 1.52 bits per heavy atom. The Balaban J connectivity index is 1.78. The zero-order valence-electron chi connectivity index (χ0n) is 15.5. The van der Waals surface area contributed by atoms with Crippen LogP contribution >= 0.6 is 23.2 Å². The lowest BCUT2D eigenvalue weighted by atomic mass is 10.1. The summed E-state index contributed by atoms with van der Waals surface area (Å²) >= 11 is 11.9. The van der Waals surface area contributed by atoms with Crippen molar-refractivity contribution in [3.63, 3.8) is 0 Å². The molecule has 0 radical (unpaired) electrons. The second-order valence-electron chi connectivity index (χ2n) is 6.50. The highest BCUT2D eigenvalue weighted by atomic mass is 35.5. The van der Waals surface area contributed by atoms with Crippen molar-refractivity contribution < 1.29 is 21.6 Å². The van der Waals surface area contributed by atoms with Gasteiger partial charge in [-0.1, -0.05) is 29.3 Å². The molecule has 0 amide bonds. The number of nitrogens with zero attached hydrogens (tertiary/aromatic N) is 1. The number of hydrogen-bond donors (Lipinski definition) is 1. The maximum Gasteiger partial charge on any atom is 0.243 e. The van der Waals surface area contributed by atoms with Gasteiger partial charge >= 0.3 is 0 Å². The lowest BCUT2D eigenvalue weighted by Crippen LogP contribution is -2.40. The number of ether oxygens (including phenoxy) is 1. The van der Waals surface area contributed by atoms with Crippen LogP contribution in [0.3, 0.4) is 0 Å². The van der Waals surface area contributed by atoms with Crippen LogP contribution in [0.15, 0.2) is 52.3 Å². The van der Waals surface area contributed by atoms with Crippen molar-refractivity contribution in [1.29, 1.82) is 0 Å². The van der Waals surface area contributed by atoms with Crippen LogP contribution in [-0.4, -0.2) is 47.4 Å². The molecule has 0 saturated carbocycles. The molecule has 29 heavy (non-hydrogen) atoms. The standard InChI is InChI=1S/C18H20Cl2N2O5S2/c1-13(14-2-7-17(19)18(20)12-14)21-28(23,24)15-3-5-16(6-4-15)29(25,26)22-8-10-27-11-9-22/h2-7,12-13,21H,8-11H2,1H3. The Kier molecular flexibility index (Phi) is 6.89. The Morgan fingerprint density at radius 3 is 2.10 bits per heavy atom. The summed E-state index contributed by atoms with van der Waals surface area (Å²) < 4.78 is 59.7. The van der Waals surface area contributed by atoms with Crippen molar-refractivity contribution in [1.82, 2.24) is 9.03 Å². The molecule has 1 heterocycles. The second kappa shape index (κ2) is 8.89. The summed E-state index contributed by atoms with van der Waals surface area (Å²) in [7, 11) is -7.56. The van der Waals surface area contributed by atoms with E-state index < -0.39 is 26.1 Å². The smallest absolute Gasteiger partial charge is 0.243 e. The summed E-state index contributed by atoms with van der Waals surface area (Å²) in [5, 5.41) is 0.704. The van der Waals surface area contributed by atoms with Crippen molar-refractivity contribution in [2.75, 3.05) is 26.3 Å². The van der Waals surface area contributed by atoms with Crippen LogP contribution in [0, 0.1) is 0 Å². The molecule has 11 heteroatoms. The summed E-state index contributed by atoms with van der Waals surface area (Å²) in [4.78, 5) is 0.00113. The molecule has 0 aromatic heterocycles. The molecule has 2 aromatic carbocycles. The largest absolute Gasteiger partial charge is 0.379 e. The van der Waals surface area contributed by atoms with Gasteiger partial charge in [0.25, 0.3) is 0 Å². The van der Waals surface area contributed by atoms with Gasteiger partial charge in [0.15, 0.2) is 0 Å². The molecule has 0 spiro atoms. The number of sulfonamides is 2. The van der Waals surface area contributed by atoms with Gasteiger partial charge in [-0.25, -0.2) is 21.6 Å². The molecule has 1 aliphatic rings. The van der Waals surface area contributed by atoms with Crippen LogP contribution < -0.4 is 4.72 Å². The molecule has 1 unspecified atom stereocenters. The van der Waals surface area contributed by atoms with E-state index in [1.807, 2.05) is 0 Å². The number of nitrogens with one attached hydrogen (secondary N) is 1. The van der Waals surface area contributed by atoms with Gasteiger partial charge in [0.2, 0.25) is 20.0 Å². The monoisotopic (exact) mass is 478 g/mol. The summed E-state index contributed by atoms with van der Waals surface area (Å²) in [6.07, 6.45) is 0. The van der Waals surface area contributed by atoms with Gasteiger partial charge in [-0.15, -0.1) is 0 Å². The van der Waals surface area contributed by atoms with Crippen LogP contribution in [0.5, 0.6) is 0 Å². The molecule has 1 fully saturated rings. The fourth-order valence-corrected chi connectivity index (χ4v) is 5.82. The maximum atomic E-state index is 12.7. The van der Waals surface area contributed by atoms with Gasteiger partial charge < -0.3 is 4.74 Å². The number of hydrogen-bond acceptors (Lipinski definition) is 5. The summed E-state index contributed by atoms with van der Waals surface area (Å²) in [6.45, 7) is 2.88. The summed E-state index contributed by atoms with van der Waals surface area (Å²) in [5.41, 5.74) is 0.648. The van der Waals surface area contributed by atoms with Crippen LogP contribution in [0.25, 0.3) is 0 Å². The van der Waals surface area contributed by atoms with Gasteiger partial charge in [-0.05, 0) is 48.9 Å². The van der Waals surface area contributed by atoms with Crippen molar-refractivity contribution in [2.24, 2.45) is 0 Å². The Bertz CT molecular complexity index is 1080. The van der Waals surface area contributed by atoms with Crippen molar-refractivity contribution in [3.8, 4) is 0 Å². The van der Waals surface area contributed by atoms with Gasteiger partial charge in [0.05, 0.1) is 33.0 Å². The van der Waals surface area contributed by atoms with E-state index in [0.717, 1.165) is 0 Å². The highest BCUT2D eigenvalue weighted by Gasteiger charge is 2.27. The minimum Gasteiger partial charge on any atom is -0.379 e. The first-order valence-electron chi connectivity index (χ1n) is 8.76. The first-order valence-corrected chi connectivity index (χ1v) is 12.4. The molecule has 1 aliphatic heterocycles. The molecule has 1 saturated heterocycles. The van der Waals surface area contributed by atoms with E-state index in [-0.39, 0.29) is 22.9 Å². The minimum atomic E-state index is -3.87. The molecule has 158 valence electrons. The minimum absolute atomic E-state index is 0.0367. The molecule has 0 aliphatic carbocycles. The van der Waals surface area contributed by atoms with E-state index in [4.69, 9.17) is 27.9 Å². The zero-order chi connectivity index (χ0) is 21.2. The van der Waals surface area contributed by atoms with Crippen LogP contribution in [0.1, 0.15) is 18.5 Å². The topological polar surface area (TPSA) is 92.8 Å². The number of morpholine rings is 1. The number of halogens is 2. The van der Waals surface area contributed by atoms with E-state index in [2.05, 4.69) is 4.72 Å². The highest BCUT2D eigenvalue weighted by Crippen LogP contribution is 2.27. The lowest BCUT2D eigenvalue weighted by molar-refractivity contribution is 0.0730. The van der Waals surface area contributed by atoms with Crippen LogP contribution in [-0.2, 0) is 24.8 Å². The fourth-order valence-electron chi connectivity index (χ4n) is 2.88. The quantitative estimate of drug-likeness (QED) is 0.688. The molecular formula is C18H20Cl2N2O5S2. The third-order valence-corrected chi connectivity index (χ3v) is 8.73. The van der Waals surface area contributed by atoms with Crippen LogP contribution in [0.4, 0.5) is 0 Å². The number of rotatable bonds is 6.